The SMILES string of the molecule is O=C1CC(=O)N2C(c3ccc(Br)cc3)=CSC2=N1. The lowest BCUT2D eigenvalue weighted by Crippen LogP contribution is -2.36. The Morgan fingerprint density at radius 1 is 1.22 bits per heavy atom. The van der Waals surface area contributed by atoms with Crippen molar-refractivity contribution in [2.75, 3.05) is 0 Å². The minimum Gasteiger partial charge on any atom is -0.273 e. The molecule has 0 aromatic heterocycles. The van der Waals surface area contributed by atoms with E-state index in [9.17, 15) is 9.59 Å². The Labute approximate surface area is 116 Å². The number of carbonyl (C=O) groups is 2. The van der Waals surface area contributed by atoms with E-state index < -0.39 is 0 Å². The second-order valence-electron chi connectivity index (χ2n) is 3.82. The van der Waals surface area contributed by atoms with Crippen molar-refractivity contribution < 1.29 is 9.59 Å². The number of benzene rings is 1. The summed E-state index contributed by atoms with van der Waals surface area (Å²) >= 11 is 4.67. The van der Waals surface area contributed by atoms with Gasteiger partial charge >= 0.3 is 0 Å². The summed E-state index contributed by atoms with van der Waals surface area (Å²) in [6, 6.07) is 7.66. The van der Waals surface area contributed by atoms with Crippen LogP contribution in [-0.4, -0.2) is 21.9 Å². The third-order valence-electron chi connectivity index (χ3n) is 2.62. The van der Waals surface area contributed by atoms with Gasteiger partial charge in [0.2, 0.25) is 5.91 Å². The van der Waals surface area contributed by atoms with Gasteiger partial charge < -0.3 is 0 Å². The largest absolute Gasteiger partial charge is 0.273 e. The first-order valence-electron chi connectivity index (χ1n) is 5.22. The van der Waals surface area contributed by atoms with Crippen LogP contribution in [0, 0.1) is 0 Å². The van der Waals surface area contributed by atoms with Gasteiger partial charge in [0.05, 0.1) is 5.70 Å². The number of hydrogen-bond donors (Lipinski definition) is 0. The van der Waals surface area contributed by atoms with E-state index in [0.717, 1.165) is 15.7 Å². The molecule has 0 spiro atoms. The number of fused-ring (bicyclic) bond motifs is 1. The fourth-order valence-electron chi connectivity index (χ4n) is 1.81. The average molecular weight is 323 g/mol. The summed E-state index contributed by atoms with van der Waals surface area (Å²) in [6.45, 7) is 0. The maximum absolute atomic E-state index is 11.9. The molecule has 0 unspecified atom stereocenters. The molecule has 2 aliphatic rings. The topological polar surface area (TPSA) is 49.7 Å². The van der Waals surface area contributed by atoms with Gasteiger partial charge in [-0.15, -0.1) is 0 Å². The van der Waals surface area contributed by atoms with Gasteiger partial charge in [0.1, 0.15) is 6.42 Å². The van der Waals surface area contributed by atoms with Gasteiger partial charge in [0.25, 0.3) is 5.91 Å². The van der Waals surface area contributed by atoms with Gasteiger partial charge in [0.15, 0.2) is 5.17 Å². The quantitative estimate of drug-likeness (QED) is 0.747. The van der Waals surface area contributed by atoms with Crippen LogP contribution in [-0.2, 0) is 9.59 Å². The molecular weight excluding hydrogens is 316 g/mol. The number of carbonyl (C=O) groups excluding carboxylic acids is 2. The molecule has 0 saturated carbocycles. The zero-order valence-corrected chi connectivity index (χ0v) is 11.5. The van der Waals surface area contributed by atoms with Crippen molar-refractivity contribution in [3.63, 3.8) is 0 Å². The van der Waals surface area contributed by atoms with Crippen molar-refractivity contribution in [3.8, 4) is 0 Å². The first-order valence-corrected chi connectivity index (χ1v) is 6.89. The molecule has 0 fully saturated rings. The molecule has 0 radical (unpaired) electrons. The molecule has 0 bridgehead atoms. The van der Waals surface area contributed by atoms with Crippen molar-refractivity contribution in [2.45, 2.75) is 6.42 Å². The van der Waals surface area contributed by atoms with E-state index in [1.165, 1.54) is 16.7 Å². The first kappa shape index (κ1) is 11.7. The molecule has 90 valence electrons. The lowest BCUT2D eigenvalue weighted by molar-refractivity contribution is -0.131. The lowest BCUT2D eigenvalue weighted by Gasteiger charge is -2.22. The van der Waals surface area contributed by atoms with Crippen molar-refractivity contribution in [1.29, 1.82) is 0 Å². The molecule has 2 amide bonds. The Morgan fingerprint density at radius 3 is 2.67 bits per heavy atom. The van der Waals surface area contributed by atoms with Crippen LogP contribution in [0.15, 0.2) is 39.1 Å². The minimum atomic E-state index is -0.371. The molecule has 1 aromatic rings. The Hall–Kier alpha value is -1.40. The Morgan fingerprint density at radius 2 is 1.94 bits per heavy atom. The predicted molar refractivity (Wildman–Crippen MR) is 73.6 cm³/mol. The van der Waals surface area contributed by atoms with Crippen LogP contribution < -0.4 is 0 Å². The number of hydrogen-bond acceptors (Lipinski definition) is 3. The van der Waals surface area contributed by atoms with E-state index in [1.807, 2.05) is 29.7 Å². The summed E-state index contributed by atoms with van der Waals surface area (Å²) in [7, 11) is 0. The van der Waals surface area contributed by atoms with Crippen molar-refractivity contribution in [1.82, 2.24) is 4.90 Å². The molecule has 2 heterocycles. The lowest BCUT2D eigenvalue weighted by atomic mass is 10.1. The van der Waals surface area contributed by atoms with E-state index in [0.29, 0.717) is 5.17 Å². The van der Waals surface area contributed by atoms with Crippen LogP contribution in [0.5, 0.6) is 0 Å². The van der Waals surface area contributed by atoms with E-state index in [-0.39, 0.29) is 18.2 Å². The summed E-state index contributed by atoms with van der Waals surface area (Å²) in [4.78, 5) is 28.5. The summed E-state index contributed by atoms with van der Waals surface area (Å²) in [5, 5.41) is 2.30. The number of amidine groups is 1. The highest BCUT2D eigenvalue weighted by Gasteiger charge is 2.34. The second-order valence-corrected chi connectivity index (χ2v) is 5.57. The Balaban J connectivity index is 2.00. The Bertz CT molecular complexity index is 607. The normalized spacial score (nSPS) is 18.6. The third-order valence-corrected chi connectivity index (χ3v) is 3.97. The highest BCUT2D eigenvalue weighted by molar-refractivity contribution is 9.10. The van der Waals surface area contributed by atoms with Gasteiger partial charge in [0, 0.05) is 9.88 Å². The smallest absolute Gasteiger partial charge is 0.257 e. The summed E-state index contributed by atoms with van der Waals surface area (Å²) in [5.74, 6) is -0.589. The zero-order chi connectivity index (χ0) is 12.7. The van der Waals surface area contributed by atoms with Crippen LogP contribution in [0.4, 0.5) is 0 Å². The summed E-state index contributed by atoms with van der Waals surface area (Å²) < 4.78 is 0.978. The highest BCUT2D eigenvalue weighted by Crippen LogP contribution is 2.35. The highest BCUT2D eigenvalue weighted by atomic mass is 79.9. The molecule has 2 aliphatic heterocycles. The molecular formula is C12H7BrN2O2S. The van der Waals surface area contributed by atoms with Crippen molar-refractivity contribution in [3.05, 3.63) is 39.7 Å². The number of amides is 2. The predicted octanol–water partition coefficient (Wildman–Crippen LogP) is 2.61. The third kappa shape index (κ3) is 1.91. The maximum Gasteiger partial charge on any atom is 0.257 e. The van der Waals surface area contributed by atoms with E-state index in [1.54, 1.807) is 0 Å². The Kier molecular flexibility index (Phi) is 2.83. The van der Waals surface area contributed by atoms with Crippen LogP contribution >= 0.6 is 27.7 Å². The van der Waals surface area contributed by atoms with Gasteiger partial charge in [-0.05, 0) is 17.7 Å². The molecule has 0 saturated heterocycles. The molecule has 1 aromatic carbocycles. The van der Waals surface area contributed by atoms with Gasteiger partial charge in [-0.2, -0.15) is 4.99 Å². The number of halogens is 1. The fourth-order valence-corrected chi connectivity index (χ4v) is 2.99. The van der Waals surface area contributed by atoms with E-state index in [4.69, 9.17) is 0 Å². The van der Waals surface area contributed by atoms with Gasteiger partial charge in [-0.1, -0.05) is 39.8 Å². The molecule has 3 rings (SSSR count). The van der Waals surface area contributed by atoms with Crippen LogP contribution in [0.25, 0.3) is 5.70 Å². The maximum atomic E-state index is 11.9. The van der Waals surface area contributed by atoms with Crippen molar-refractivity contribution in [2.24, 2.45) is 4.99 Å². The number of nitrogens with zero attached hydrogens (tertiary/aromatic N) is 2. The van der Waals surface area contributed by atoms with Gasteiger partial charge in [-0.3, -0.25) is 14.5 Å². The number of rotatable bonds is 1. The molecule has 0 atom stereocenters. The van der Waals surface area contributed by atoms with E-state index in [2.05, 4.69) is 20.9 Å². The molecule has 0 N–H and O–H groups in total. The van der Waals surface area contributed by atoms with E-state index >= 15 is 0 Å². The molecule has 6 heteroatoms. The summed E-state index contributed by atoms with van der Waals surface area (Å²) in [5.41, 5.74) is 1.71. The second kappa shape index (κ2) is 4.37. The fraction of sp³-hybridized carbons (Fsp3) is 0.0833. The standard InChI is InChI=1S/C12H7BrN2O2S/c13-8-3-1-7(2-4-8)9-6-18-12-14-10(16)5-11(17)15(9)12/h1-4,6H,5H2. The van der Waals surface area contributed by atoms with Crippen LogP contribution in [0.1, 0.15) is 12.0 Å². The van der Waals surface area contributed by atoms with Crippen LogP contribution in [0.2, 0.25) is 0 Å². The zero-order valence-electron chi connectivity index (χ0n) is 9.09. The number of aliphatic imine (C=N–C) groups is 1. The molecule has 4 nitrogen and oxygen atoms in total. The van der Waals surface area contributed by atoms with Crippen molar-refractivity contribution >= 4 is 50.4 Å². The van der Waals surface area contributed by atoms with Crippen LogP contribution in [0.3, 0.4) is 0 Å². The van der Waals surface area contributed by atoms with Gasteiger partial charge in [-0.25, -0.2) is 0 Å². The molecule has 0 aliphatic carbocycles. The number of thioether (sulfide) groups is 1. The summed E-state index contributed by atoms with van der Waals surface area (Å²) in [6.07, 6.45) is -0.155. The average Bonchev–Trinajstić information content (AvgIpc) is 2.74. The minimum absolute atomic E-state index is 0.155. The molecule has 18 heavy (non-hydrogen) atoms. The first-order chi connectivity index (χ1) is 8.65. The monoisotopic (exact) mass is 322 g/mol.